The highest BCUT2D eigenvalue weighted by Gasteiger charge is 2.24. The second-order valence-electron chi connectivity index (χ2n) is 13.8. The molecule has 0 unspecified atom stereocenters. The Hall–Kier alpha value is -5.37. The van der Waals surface area contributed by atoms with Gasteiger partial charge in [0.25, 0.3) is 0 Å². The third-order valence-corrected chi connectivity index (χ3v) is 9.37. The van der Waals surface area contributed by atoms with Crippen LogP contribution in [0.3, 0.4) is 0 Å². The highest BCUT2D eigenvalue weighted by Crippen LogP contribution is 2.35. The van der Waals surface area contributed by atoms with Crippen molar-refractivity contribution >= 4 is 28.4 Å². The van der Waals surface area contributed by atoms with E-state index < -0.39 is 17.9 Å². The topological polar surface area (TPSA) is 191 Å². The van der Waals surface area contributed by atoms with Gasteiger partial charge < -0.3 is 34.1 Å². The van der Waals surface area contributed by atoms with Crippen molar-refractivity contribution in [3.05, 3.63) is 106 Å². The lowest BCUT2D eigenvalue weighted by atomic mass is 9.88. The van der Waals surface area contributed by atoms with Crippen LogP contribution in [-0.4, -0.2) is 99.8 Å². The van der Waals surface area contributed by atoms with E-state index >= 15 is 0 Å². The molecule has 0 saturated heterocycles. The van der Waals surface area contributed by atoms with Gasteiger partial charge in [-0.25, -0.2) is 0 Å². The molecule has 0 radical (unpaired) electrons. The van der Waals surface area contributed by atoms with Crippen LogP contribution in [0, 0.1) is 6.92 Å². The van der Waals surface area contributed by atoms with E-state index in [9.17, 15) is 19.5 Å². The molecule has 58 heavy (non-hydrogen) atoms. The van der Waals surface area contributed by atoms with E-state index in [4.69, 9.17) is 29.2 Å². The zero-order valence-electron chi connectivity index (χ0n) is 33.5. The lowest BCUT2D eigenvalue weighted by molar-refractivity contribution is -0.137. The quantitative estimate of drug-likeness (QED) is 0.0242. The van der Waals surface area contributed by atoms with Gasteiger partial charge in [-0.05, 0) is 84.5 Å². The summed E-state index contributed by atoms with van der Waals surface area (Å²) < 4.78 is 28.0. The van der Waals surface area contributed by atoms with Crippen molar-refractivity contribution in [2.45, 2.75) is 64.3 Å². The fourth-order valence-corrected chi connectivity index (χ4v) is 6.37. The highest BCUT2D eigenvalue weighted by molar-refractivity contribution is 6.00. The number of nitrogens with one attached hydrogen (secondary N) is 1. The van der Waals surface area contributed by atoms with E-state index in [1.807, 2.05) is 79.7 Å². The first-order chi connectivity index (χ1) is 28.2. The molecule has 1 aromatic heterocycles. The number of carboxylic acid groups (broad SMARTS) is 1. The fourth-order valence-electron chi connectivity index (χ4n) is 6.37. The van der Waals surface area contributed by atoms with E-state index in [1.165, 1.54) is 0 Å². The number of azide groups is 1. The second kappa shape index (κ2) is 25.8. The summed E-state index contributed by atoms with van der Waals surface area (Å²) in [6.07, 6.45) is 4.14. The molecule has 0 aliphatic carbocycles. The summed E-state index contributed by atoms with van der Waals surface area (Å²) >= 11 is 0. The molecule has 0 saturated carbocycles. The first-order valence-corrected chi connectivity index (χ1v) is 19.8. The number of fused-ring (bicyclic) bond motifs is 1. The number of rotatable bonds is 29. The molecule has 2 atom stereocenters. The SMILES string of the molecule is Cc1ccnc(CCCCC(=O)N[C@@H](C)C(=O)C[C@@H](CC(=O)O)c2ccc(-c3ccc(OCCOCCOCCOCCOCCN=[N+]=[N-])c4ccccc34)cc2)c1. The Balaban J connectivity index is 1.22. The number of nitrogens with zero attached hydrogens (tertiary/aromatic N) is 4. The van der Waals surface area contributed by atoms with E-state index in [0.29, 0.717) is 78.8 Å². The summed E-state index contributed by atoms with van der Waals surface area (Å²) in [6.45, 7) is 7.70. The molecule has 0 bridgehead atoms. The third-order valence-electron chi connectivity index (χ3n) is 9.37. The van der Waals surface area contributed by atoms with Crippen LogP contribution in [0.2, 0.25) is 0 Å². The average Bonchev–Trinajstić information content (AvgIpc) is 3.22. The van der Waals surface area contributed by atoms with Gasteiger partial charge in [0.05, 0.1) is 65.3 Å². The number of aryl methyl sites for hydroxylation is 2. The number of Topliss-reactive ketones (excluding diaryl/α,β-unsaturated/α-hetero) is 1. The largest absolute Gasteiger partial charge is 0.491 e. The summed E-state index contributed by atoms with van der Waals surface area (Å²) in [5, 5.41) is 17.8. The Kier molecular flexibility index (Phi) is 20.2. The number of hydrogen-bond donors (Lipinski definition) is 2. The van der Waals surface area contributed by atoms with Crippen molar-refractivity contribution in [1.29, 1.82) is 0 Å². The molecular formula is C44H55N5O9. The molecule has 310 valence electrons. The van der Waals surface area contributed by atoms with Crippen molar-refractivity contribution in [2.24, 2.45) is 5.11 Å². The first kappa shape index (κ1) is 45.3. The van der Waals surface area contributed by atoms with Crippen LogP contribution < -0.4 is 10.1 Å². The van der Waals surface area contributed by atoms with Crippen LogP contribution in [0.4, 0.5) is 0 Å². The molecule has 1 amide bonds. The van der Waals surface area contributed by atoms with Crippen LogP contribution in [-0.2, 0) is 39.8 Å². The Morgan fingerprint density at radius 3 is 2.12 bits per heavy atom. The predicted molar refractivity (Wildman–Crippen MR) is 221 cm³/mol. The summed E-state index contributed by atoms with van der Waals surface area (Å²) in [5.41, 5.74) is 13.0. The van der Waals surface area contributed by atoms with E-state index in [2.05, 4.69) is 20.3 Å². The summed E-state index contributed by atoms with van der Waals surface area (Å²) in [7, 11) is 0. The van der Waals surface area contributed by atoms with Gasteiger partial charge >= 0.3 is 5.97 Å². The van der Waals surface area contributed by atoms with Crippen molar-refractivity contribution in [1.82, 2.24) is 10.3 Å². The summed E-state index contributed by atoms with van der Waals surface area (Å²) in [6, 6.07) is 22.8. The predicted octanol–water partition coefficient (Wildman–Crippen LogP) is 7.40. The number of carboxylic acids is 1. The lowest BCUT2D eigenvalue weighted by Crippen LogP contribution is -2.39. The molecule has 14 heteroatoms. The van der Waals surface area contributed by atoms with Crippen molar-refractivity contribution < 1.29 is 43.2 Å². The van der Waals surface area contributed by atoms with Crippen molar-refractivity contribution in [3.8, 4) is 16.9 Å². The van der Waals surface area contributed by atoms with Gasteiger partial charge in [0.15, 0.2) is 5.78 Å². The maximum Gasteiger partial charge on any atom is 0.303 e. The minimum atomic E-state index is -0.997. The van der Waals surface area contributed by atoms with E-state index in [1.54, 1.807) is 13.1 Å². The average molecular weight is 798 g/mol. The Morgan fingerprint density at radius 1 is 0.810 bits per heavy atom. The standard InChI is InChI=1S/C44H55N5O9/c1-32-17-18-46-37(29-32)7-3-6-10-43(51)48-33(2)41(50)30-36(31-44(52)53)34-11-13-35(14-12-34)38-15-16-42(40-9-5-4-8-39(38)40)58-28-27-57-26-25-56-24-23-55-22-21-54-20-19-47-49-45/h4-5,8-9,11-18,29,33,36H,3,6-7,10,19-28,30-31H2,1-2H3,(H,48,51)(H,52,53)/t33-,36-/m0/s1. The third kappa shape index (κ3) is 16.2. The van der Waals surface area contributed by atoms with Gasteiger partial charge in [0, 0.05) is 47.5 Å². The number of ketones is 1. The monoisotopic (exact) mass is 797 g/mol. The van der Waals surface area contributed by atoms with Gasteiger partial charge in [-0.3, -0.25) is 19.4 Å². The maximum atomic E-state index is 13.2. The van der Waals surface area contributed by atoms with Gasteiger partial charge in [0.2, 0.25) is 5.91 Å². The highest BCUT2D eigenvalue weighted by atomic mass is 16.6. The smallest absolute Gasteiger partial charge is 0.303 e. The van der Waals surface area contributed by atoms with Gasteiger partial charge in [-0.2, -0.15) is 0 Å². The normalized spacial score (nSPS) is 12.1. The Morgan fingerprint density at radius 2 is 1.47 bits per heavy atom. The van der Waals surface area contributed by atoms with Crippen LogP contribution in [0.1, 0.15) is 61.8 Å². The lowest BCUT2D eigenvalue weighted by Gasteiger charge is -2.19. The molecule has 0 aliphatic heterocycles. The summed E-state index contributed by atoms with van der Waals surface area (Å²) in [4.78, 5) is 44.7. The Labute approximate surface area is 339 Å². The molecule has 0 fully saturated rings. The molecule has 14 nitrogen and oxygen atoms in total. The molecule has 4 aromatic rings. The molecule has 4 rings (SSSR count). The maximum absolute atomic E-state index is 13.2. The number of amides is 1. The van der Waals surface area contributed by atoms with Crippen molar-refractivity contribution in [2.75, 3.05) is 66.0 Å². The molecule has 0 spiro atoms. The van der Waals surface area contributed by atoms with Crippen LogP contribution in [0.5, 0.6) is 5.75 Å². The van der Waals surface area contributed by atoms with Crippen molar-refractivity contribution in [3.63, 3.8) is 0 Å². The molecule has 2 N–H and O–H groups in total. The minimum Gasteiger partial charge on any atom is -0.491 e. The molecule has 3 aromatic carbocycles. The number of carbonyl (C=O) groups is 3. The minimum absolute atomic E-state index is 0.00706. The van der Waals surface area contributed by atoms with E-state index in [-0.39, 0.29) is 24.5 Å². The van der Waals surface area contributed by atoms with Crippen LogP contribution in [0.15, 0.2) is 84.1 Å². The number of hydrogen-bond acceptors (Lipinski definition) is 10. The summed E-state index contributed by atoms with van der Waals surface area (Å²) in [5.74, 6) is -1.22. The number of pyridine rings is 1. The van der Waals surface area contributed by atoms with Gasteiger partial charge in [0.1, 0.15) is 12.4 Å². The second-order valence-corrected chi connectivity index (χ2v) is 13.8. The number of ether oxygens (including phenoxy) is 5. The number of aliphatic carboxylic acids is 1. The van der Waals surface area contributed by atoms with Crippen LogP contribution in [0.25, 0.3) is 32.3 Å². The van der Waals surface area contributed by atoms with Gasteiger partial charge in [-0.1, -0.05) is 59.7 Å². The van der Waals surface area contributed by atoms with Crippen LogP contribution >= 0.6 is 0 Å². The first-order valence-electron chi connectivity index (χ1n) is 19.8. The molecule has 1 heterocycles. The van der Waals surface area contributed by atoms with E-state index in [0.717, 1.165) is 57.3 Å². The number of aromatic nitrogens is 1. The fraction of sp³-hybridized carbons (Fsp3) is 0.455. The number of unbranched alkanes of at least 4 members (excludes halogenated alkanes) is 1. The zero-order valence-corrected chi connectivity index (χ0v) is 33.5. The molecular weight excluding hydrogens is 743 g/mol. The van der Waals surface area contributed by atoms with Gasteiger partial charge in [-0.15, -0.1) is 0 Å². The number of carbonyl (C=O) groups excluding carboxylic acids is 2. The number of benzene rings is 3. The Bertz CT molecular complexity index is 1930. The molecule has 0 aliphatic rings. The zero-order chi connectivity index (χ0) is 41.4.